The first-order valence-electron chi connectivity index (χ1n) is 13.5. The van der Waals surface area contributed by atoms with Crippen LogP contribution in [-0.4, -0.2) is 57.1 Å². The van der Waals surface area contributed by atoms with Crippen molar-refractivity contribution < 1.29 is 22.8 Å². The van der Waals surface area contributed by atoms with E-state index in [0.29, 0.717) is 13.0 Å². The van der Waals surface area contributed by atoms with Gasteiger partial charge in [-0.15, -0.1) is 0 Å². The Morgan fingerprint density at radius 1 is 0.952 bits per heavy atom. The smallest absolute Gasteiger partial charge is 0.243 e. The lowest BCUT2D eigenvalue weighted by molar-refractivity contribution is -0.131. The number of carbonyl (C=O) groups is 3. The molecule has 0 saturated carbocycles. The molecule has 0 aromatic heterocycles. The molecule has 0 radical (unpaired) electrons. The molecule has 13 heteroatoms. The molecular formula is C29H39N7O5S. The molecule has 5 N–H and O–H groups in total. The quantitative estimate of drug-likeness (QED) is 0.130. The zero-order valence-corrected chi connectivity index (χ0v) is 24.9. The fourth-order valence-electron chi connectivity index (χ4n) is 4.07. The number of amides is 3. The SMILES string of the molecule is CC(C)C[C@H](NC(=O)[C@H](Cc1ccccc1)N=[N+]=[N-])C(=O)NCC(=O)N[C@H](/C=C/S(C)(=O)=O)Cc1ccc(CN)cc1. The molecule has 2 aromatic carbocycles. The van der Waals surface area contributed by atoms with E-state index >= 15 is 0 Å². The highest BCUT2D eigenvalue weighted by Gasteiger charge is 2.26. The molecular weight excluding hydrogens is 558 g/mol. The first kappa shape index (κ1) is 34.0. The lowest BCUT2D eigenvalue weighted by Crippen LogP contribution is -2.52. The van der Waals surface area contributed by atoms with E-state index in [1.54, 1.807) is 24.3 Å². The fourth-order valence-corrected chi connectivity index (χ4v) is 4.55. The van der Waals surface area contributed by atoms with Crippen molar-refractivity contribution in [2.45, 2.75) is 57.8 Å². The van der Waals surface area contributed by atoms with E-state index in [1.807, 2.05) is 44.2 Å². The van der Waals surface area contributed by atoms with Gasteiger partial charge < -0.3 is 21.7 Å². The molecule has 0 spiro atoms. The van der Waals surface area contributed by atoms with Gasteiger partial charge in [0.2, 0.25) is 17.7 Å². The second kappa shape index (κ2) is 16.9. The molecule has 0 aliphatic rings. The number of azide groups is 1. The Balaban J connectivity index is 2.06. The predicted octanol–water partition coefficient (Wildman–Crippen LogP) is 2.30. The molecule has 0 aliphatic heterocycles. The molecule has 226 valence electrons. The van der Waals surface area contributed by atoms with E-state index in [4.69, 9.17) is 11.3 Å². The second-order valence-electron chi connectivity index (χ2n) is 10.4. The van der Waals surface area contributed by atoms with Crippen LogP contribution in [0.25, 0.3) is 10.4 Å². The number of hydrogen-bond donors (Lipinski definition) is 4. The molecule has 2 aromatic rings. The van der Waals surface area contributed by atoms with Crippen molar-refractivity contribution in [1.82, 2.24) is 16.0 Å². The highest BCUT2D eigenvalue weighted by molar-refractivity contribution is 7.93. The van der Waals surface area contributed by atoms with Crippen LogP contribution in [-0.2, 0) is 43.6 Å². The summed E-state index contributed by atoms with van der Waals surface area (Å²) in [6.45, 7) is 3.74. The summed E-state index contributed by atoms with van der Waals surface area (Å²) in [5, 5.41) is 12.6. The van der Waals surface area contributed by atoms with Crippen LogP contribution in [0.5, 0.6) is 0 Å². The standard InChI is InChI=1S/C29H39N7O5S/c1-20(2)15-25(34-29(39)26(35-36-31)17-21-7-5-4-6-8-21)28(38)32-19-27(37)33-24(13-14-42(3,40)41)16-22-9-11-23(18-30)12-10-22/h4-14,20,24-26H,15-19,30H2,1-3H3,(H,32,38)(H,33,37)(H,34,39)/b14-13+/t24-,25+,26+/m1/s1. The van der Waals surface area contributed by atoms with Crippen molar-refractivity contribution in [3.8, 4) is 0 Å². The van der Waals surface area contributed by atoms with Gasteiger partial charge in [-0.05, 0) is 47.4 Å². The van der Waals surface area contributed by atoms with E-state index in [0.717, 1.165) is 28.4 Å². The minimum atomic E-state index is -3.44. The fraction of sp³-hybridized carbons (Fsp3) is 0.414. The Hall–Kier alpha value is -4.19. The lowest BCUT2D eigenvalue weighted by atomic mass is 10.0. The van der Waals surface area contributed by atoms with Gasteiger partial charge in [-0.25, -0.2) is 8.42 Å². The molecule has 12 nitrogen and oxygen atoms in total. The van der Waals surface area contributed by atoms with E-state index in [2.05, 4.69) is 26.0 Å². The first-order valence-corrected chi connectivity index (χ1v) is 15.5. The van der Waals surface area contributed by atoms with Gasteiger partial charge in [0.15, 0.2) is 9.84 Å². The molecule has 3 atom stereocenters. The van der Waals surface area contributed by atoms with Crippen molar-refractivity contribution in [3.05, 3.63) is 93.2 Å². The van der Waals surface area contributed by atoms with E-state index in [1.165, 1.54) is 6.08 Å². The summed E-state index contributed by atoms with van der Waals surface area (Å²) in [6.07, 6.45) is 3.19. The minimum absolute atomic E-state index is 0.0260. The third-order valence-corrected chi connectivity index (χ3v) is 6.80. The van der Waals surface area contributed by atoms with Gasteiger partial charge in [0.25, 0.3) is 0 Å². The van der Waals surface area contributed by atoms with E-state index in [-0.39, 0.29) is 18.8 Å². The van der Waals surface area contributed by atoms with Crippen LogP contribution in [0, 0.1) is 5.92 Å². The number of nitrogens with two attached hydrogens (primary N) is 1. The number of nitrogens with zero attached hydrogens (tertiary/aromatic N) is 3. The summed E-state index contributed by atoms with van der Waals surface area (Å²) in [5.41, 5.74) is 17.2. The number of carbonyl (C=O) groups excluding carboxylic acids is 3. The number of hydrogen-bond acceptors (Lipinski definition) is 7. The third kappa shape index (κ3) is 13.0. The van der Waals surface area contributed by atoms with Crippen LogP contribution in [0.4, 0.5) is 0 Å². The van der Waals surface area contributed by atoms with Gasteiger partial charge >= 0.3 is 0 Å². The lowest BCUT2D eigenvalue weighted by Gasteiger charge is -2.22. The van der Waals surface area contributed by atoms with Gasteiger partial charge in [0, 0.05) is 23.1 Å². The average Bonchev–Trinajstić information content (AvgIpc) is 2.94. The van der Waals surface area contributed by atoms with Crippen LogP contribution < -0.4 is 21.7 Å². The van der Waals surface area contributed by atoms with Crippen molar-refractivity contribution in [2.75, 3.05) is 12.8 Å². The van der Waals surface area contributed by atoms with E-state index in [9.17, 15) is 22.8 Å². The van der Waals surface area contributed by atoms with Gasteiger partial charge in [-0.1, -0.05) is 79.6 Å². The summed E-state index contributed by atoms with van der Waals surface area (Å²) in [7, 11) is -3.44. The molecule has 42 heavy (non-hydrogen) atoms. The maximum atomic E-state index is 13.0. The Labute approximate surface area is 246 Å². The Bertz CT molecular complexity index is 1370. The molecule has 0 heterocycles. The Kier molecular flexibility index (Phi) is 13.7. The largest absolute Gasteiger partial charge is 0.348 e. The monoisotopic (exact) mass is 597 g/mol. The third-order valence-electron chi connectivity index (χ3n) is 6.15. The van der Waals surface area contributed by atoms with Crippen molar-refractivity contribution in [1.29, 1.82) is 0 Å². The summed E-state index contributed by atoms with van der Waals surface area (Å²) in [4.78, 5) is 41.6. The zero-order chi connectivity index (χ0) is 31.1. The number of nitrogens with one attached hydrogen (secondary N) is 3. The summed E-state index contributed by atoms with van der Waals surface area (Å²) >= 11 is 0. The number of rotatable bonds is 16. The average molecular weight is 598 g/mol. The predicted molar refractivity (Wildman–Crippen MR) is 161 cm³/mol. The number of sulfone groups is 1. The summed E-state index contributed by atoms with van der Waals surface area (Å²) < 4.78 is 23.4. The minimum Gasteiger partial charge on any atom is -0.348 e. The van der Waals surface area contributed by atoms with Crippen LogP contribution in [0.1, 0.15) is 37.0 Å². The number of benzene rings is 2. The van der Waals surface area contributed by atoms with Gasteiger partial charge in [-0.2, -0.15) is 0 Å². The Morgan fingerprint density at radius 3 is 2.14 bits per heavy atom. The van der Waals surface area contributed by atoms with E-state index < -0.39 is 52.2 Å². The van der Waals surface area contributed by atoms with Crippen LogP contribution >= 0.6 is 0 Å². The molecule has 2 rings (SSSR count). The molecule has 3 amide bonds. The normalized spacial score (nSPS) is 13.5. The first-order chi connectivity index (χ1) is 19.9. The Morgan fingerprint density at radius 2 is 1.57 bits per heavy atom. The highest BCUT2D eigenvalue weighted by Crippen LogP contribution is 2.11. The van der Waals surface area contributed by atoms with Crippen molar-refractivity contribution >= 4 is 27.6 Å². The van der Waals surface area contributed by atoms with Gasteiger partial charge in [0.1, 0.15) is 12.1 Å². The van der Waals surface area contributed by atoms with Gasteiger partial charge in [-0.3, -0.25) is 14.4 Å². The summed E-state index contributed by atoms with van der Waals surface area (Å²) in [5.74, 6) is -1.70. The van der Waals surface area contributed by atoms with Crippen LogP contribution in [0.3, 0.4) is 0 Å². The second-order valence-corrected chi connectivity index (χ2v) is 12.3. The molecule has 0 unspecified atom stereocenters. The van der Waals surface area contributed by atoms with Crippen LogP contribution in [0.2, 0.25) is 0 Å². The van der Waals surface area contributed by atoms with Crippen molar-refractivity contribution in [3.63, 3.8) is 0 Å². The molecule has 0 aliphatic carbocycles. The zero-order valence-electron chi connectivity index (χ0n) is 24.1. The molecule has 0 fully saturated rings. The molecule has 0 bridgehead atoms. The molecule has 0 saturated heterocycles. The van der Waals surface area contributed by atoms with Gasteiger partial charge in [0.05, 0.1) is 12.6 Å². The topological polar surface area (TPSA) is 196 Å². The highest BCUT2D eigenvalue weighted by atomic mass is 32.2. The van der Waals surface area contributed by atoms with Crippen molar-refractivity contribution in [2.24, 2.45) is 16.8 Å². The maximum Gasteiger partial charge on any atom is 0.243 e. The maximum absolute atomic E-state index is 13.0. The summed E-state index contributed by atoms with van der Waals surface area (Å²) in [6, 6.07) is 13.7. The van der Waals surface area contributed by atoms with Crippen LogP contribution in [0.15, 0.2) is 71.2 Å².